The van der Waals surface area contributed by atoms with Gasteiger partial charge in [0.2, 0.25) is 0 Å². The first-order valence-electron chi connectivity index (χ1n) is 4.60. The molecule has 0 unspecified atom stereocenters. The van der Waals surface area contributed by atoms with Gasteiger partial charge in [-0.3, -0.25) is 0 Å². The summed E-state index contributed by atoms with van der Waals surface area (Å²) in [6.07, 6.45) is 2.81. The lowest BCUT2D eigenvalue weighted by atomic mass is 10.1. The molecule has 0 aliphatic rings. The summed E-state index contributed by atoms with van der Waals surface area (Å²) in [5, 5.41) is 14.8. The van der Waals surface area contributed by atoms with Gasteiger partial charge < -0.3 is 10.9 Å². The van der Waals surface area contributed by atoms with Crippen molar-refractivity contribution in [2.24, 2.45) is 10.9 Å². The fourth-order valence-corrected chi connectivity index (χ4v) is 1.39. The van der Waals surface area contributed by atoms with E-state index in [-0.39, 0.29) is 17.1 Å². The number of hydrogen-bond donors (Lipinski definition) is 2. The van der Waals surface area contributed by atoms with E-state index in [4.69, 9.17) is 10.9 Å². The predicted octanol–water partition coefficient (Wildman–Crippen LogP) is 1.25. The maximum Gasteiger partial charge on any atom is 0.170 e. The predicted molar refractivity (Wildman–Crippen MR) is 56.0 cm³/mol. The SMILES string of the molecule is N/C(=N/O)c1cc(F)c(-n2cccn2)c(F)c1. The number of aromatic nitrogens is 2. The van der Waals surface area contributed by atoms with Gasteiger partial charge in [0.25, 0.3) is 0 Å². The van der Waals surface area contributed by atoms with Crippen molar-refractivity contribution < 1.29 is 14.0 Å². The number of oxime groups is 1. The lowest BCUT2D eigenvalue weighted by molar-refractivity contribution is 0.318. The Bertz CT molecular complexity index is 543. The van der Waals surface area contributed by atoms with Crippen LogP contribution >= 0.6 is 0 Å². The van der Waals surface area contributed by atoms with Gasteiger partial charge in [0.05, 0.1) is 0 Å². The van der Waals surface area contributed by atoms with E-state index in [0.29, 0.717) is 0 Å². The summed E-state index contributed by atoms with van der Waals surface area (Å²) in [6, 6.07) is 3.47. The number of amidine groups is 1. The van der Waals surface area contributed by atoms with Gasteiger partial charge in [-0.25, -0.2) is 13.5 Å². The van der Waals surface area contributed by atoms with Crippen LogP contribution in [0, 0.1) is 11.6 Å². The molecule has 0 saturated carbocycles. The van der Waals surface area contributed by atoms with Crippen molar-refractivity contribution in [2.45, 2.75) is 0 Å². The van der Waals surface area contributed by atoms with Crippen LogP contribution in [0.3, 0.4) is 0 Å². The summed E-state index contributed by atoms with van der Waals surface area (Å²) in [7, 11) is 0. The Labute approximate surface area is 94.8 Å². The average molecular weight is 238 g/mol. The number of nitrogens with two attached hydrogens (primary N) is 1. The minimum Gasteiger partial charge on any atom is -0.409 e. The zero-order valence-electron chi connectivity index (χ0n) is 8.51. The Balaban J connectivity index is 2.58. The number of nitrogens with zero attached hydrogens (tertiary/aromatic N) is 3. The third-order valence-corrected chi connectivity index (χ3v) is 2.15. The smallest absolute Gasteiger partial charge is 0.170 e. The van der Waals surface area contributed by atoms with Crippen LogP contribution in [0.2, 0.25) is 0 Å². The second-order valence-electron chi connectivity index (χ2n) is 3.22. The molecule has 0 fully saturated rings. The highest BCUT2D eigenvalue weighted by atomic mass is 19.1. The van der Waals surface area contributed by atoms with Crippen LogP contribution in [0.4, 0.5) is 8.78 Å². The number of hydrogen-bond acceptors (Lipinski definition) is 3. The largest absolute Gasteiger partial charge is 0.409 e. The van der Waals surface area contributed by atoms with Crippen molar-refractivity contribution in [2.75, 3.05) is 0 Å². The number of benzene rings is 1. The van der Waals surface area contributed by atoms with Gasteiger partial charge in [0, 0.05) is 18.0 Å². The molecule has 88 valence electrons. The van der Waals surface area contributed by atoms with Gasteiger partial charge in [-0.1, -0.05) is 5.16 Å². The second kappa shape index (κ2) is 4.20. The fourth-order valence-electron chi connectivity index (χ4n) is 1.39. The standard InChI is InChI=1S/C10H8F2N4O/c11-7-4-6(10(13)15-17)5-8(12)9(7)16-3-1-2-14-16/h1-5,17H,(H2,13,15). The van der Waals surface area contributed by atoms with Crippen molar-refractivity contribution in [3.05, 3.63) is 47.8 Å². The van der Waals surface area contributed by atoms with E-state index in [0.717, 1.165) is 16.8 Å². The summed E-state index contributed by atoms with van der Waals surface area (Å²) in [6.45, 7) is 0. The number of rotatable bonds is 2. The Morgan fingerprint density at radius 3 is 2.47 bits per heavy atom. The molecule has 0 bridgehead atoms. The second-order valence-corrected chi connectivity index (χ2v) is 3.22. The highest BCUT2D eigenvalue weighted by molar-refractivity contribution is 5.97. The van der Waals surface area contributed by atoms with Crippen LogP contribution in [0.1, 0.15) is 5.56 Å². The molecule has 7 heteroatoms. The third kappa shape index (κ3) is 1.94. The first kappa shape index (κ1) is 11.1. The lowest BCUT2D eigenvalue weighted by Crippen LogP contribution is -2.15. The van der Waals surface area contributed by atoms with Gasteiger partial charge in [0.15, 0.2) is 17.5 Å². The van der Waals surface area contributed by atoms with E-state index in [1.165, 1.54) is 18.5 Å². The molecule has 0 radical (unpaired) electrons. The Hall–Kier alpha value is -2.44. The zero-order valence-corrected chi connectivity index (χ0v) is 8.51. The van der Waals surface area contributed by atoms with Crippen LogP contribution in [0.5, 0.6) is 0 Å². The maximum absolute atomic E-state index is 13.7. The lowest BCUT2D eigenvalue weighted by Gasteiger charge is -2.07. The molecule has 17 heavy (non-hydrogen) atoms. The van der Waals surface area contributed by atoms with Crippen LogP contribution < -0.4 is 5.73 Å². The minimum absolute atomic E-state index is 0.0431. The molecular formula is C10H8F2N4O. The van der Waals surface area contributed by atoms with Crippen molar-refractivity contribution in [3.8, 4) is 5.69 Å². The van der Waals surface area contributed by atoms with E-state index in [1.807, 2.05) is 0 Å². The van der Waals surface area contributed by atoms with E-state index < -0.39 is 11.6 Å². The van der Waals surface area contributed by atoms with Crippen LogP contribution in [0.25, 0.3) is 5.69 Å². The molecule has 1 heterocycles. The van der Waals surface area contributed by atoms with E-state index >= 15 is 0 Å². The van der Waals surface area contributed by atoms with Gasteiger partial charge in [-0.2, -0.15) is 5.10 Å². The summed E-state index contributed by atoms with van der Waals surface area (Å²) in [5.41, 5.74) is 4.89. The highest BCUT2D eigenvalue weighted by Gasteiger charge is 2.14. The van der Waals surface area contributed by atoms with Crippen molar-refractivity contribution in [1.82, 2.24) is 9.78 Å². The van der Waals surface area contributed by atoms with Crippen molar-refractivity contribution >= 4 is 5.84 Å². The third-order valence-electron chi connectivity index (χ3n) is 2.15. The molecule has 1 aromatic heterocycles. The number of halogens is 2. The zero-order chi connectivity index (χ0) is 12.4. The van der Waals surface area contributed by atoms with Gasteiger partial charge in [-0.05, 0) is 18.2 Å². The summed E-state index contributed by atoms with van der Waals surface area (Å²) in [4.78, 5) is 0. The molecule has 0 saturated heterocycles. The Kier molecular flexibility index (Phi) is 2.73. The van der Waals surface area contributed by atoms with E-state index in [2.05, 4.69) is 10.3 Å². The molecule has 5 nitrogen and oxygen atoms in total. The Morgan fingerprint density at radius 2 is 2.00 bits per heavy atom. The molecule has 0 amide bonds. The van der Waals surface area contributed by atoms with Crippen LogP contribution in [0.15, 0.2) is 35.7 Å². The minimum atomic E-state index is -0.852. The highest BCUT2D eigenvalue weighted by Crippen LogP contribution is 2.18. The normalized spacial score (nSPS) is 11.8. The first-order valence-corrected chi connectivity index (χ1v) is 4.60. The monoisotopic (exact) mass is 238 g/mol. The molecule has 0 aliphatic heterocycles. The summed E-state index contributed by atoms with van der Waals surface area (Å²) >= 11 is 0. The molecule has 3 N–H and O–H groups in total. The van der Waals surface area contributed by atoms with Crippen molar-refractivity contribution in [3.63, 3.8) is 0 Å². The summed E-state index contributed by atoms with van der Waals surface area (Å²) < 4.78 is 28.4. The van der Waals surface area contributed by atoms with Crippen molar-refractivity contribution in [1.29, 1.82) is 0 Å². The molecule has 0 spiro atoms. The van der Waals surface area contributed by atoms with Gasteiger partial charge in [-0.15, -0.1) is 0 Å². The average Bonchev–Trinajstić information content (AvgIpc) is 2.80. The Morgan fingerprint density at radius 1 is 1.35 bits per heavy atom. The topological polar surface area (TPSA) is 76.4 Å². The van der Waals surface area contributed by atoms with Crippen LogP contribution in [-0.2, 0) is 0 Å². The maximum atomic E-state index is 13.7. The van der Waals surface area contributed by atoms with E-state index in [1.54, 1.807) is 0 Å². The first-order chi connectivity index (χ1) is 8.13. The van der Waals surface area contributed by atoms with E-state index in [9.17, 15) is 8.78 Å². The molecular weight excluding hydrogens is 230 g/mol. The van der Waals surface area contributed by atoms with Crippen LogP contribution in [-0.4, -0.2) is 20.8 Å². The fraction of sp³-hybridized carbons (Fsp3) is 0. The molecule has 0 atom stereocenters. The quantitative estimate of drug-likeness (QED) is 0.357. The van der Waals surface area contributed by atoms with Gasteiger partial charge in [0.1, 0.15) is 5.69 Å². The molecule has 1 aromatic carbocycles. The molecule has 0 aliphatic carbocycles. The molecule has 2 rings (SSSR count). The molecule has 2 aromatic rings. The van der Waals surface area contributed by atoms with Gasteiger partial charge >= 0.3 is 0 Å². The summed E-state index contributed by atoms with van der Waals surface area (Å²) in [5.74, 6) is -2.07.